The molecule has 3 rings (SSSR count). The fourth-order valence-electron chi connectivity index (χ4n) is 1.99. The minimum absolute atomic E-state index is 0.246. The van der Waals surface area contributed by atoms with Crippen LogP contribution in [0.25, 0.3) is 5.52 Å². The molecular formula is C16H14N2O2. The molecule has 0 bridgehead atoms. The monoisotopic (exact) mass is 266 g/mol. The van der Waals surface area contributed by atoms with Crippen molar-refractivity contribution < 1.29 is 9.63 Å². The summed E-state index contributed by atoms with van der Waals surface area (Å²) in [7, 11) is 0. The van der Waals surface area contributed by atoms with Gasteiger partial charge in [-0.2, -0.15) is 0 Å². The molecule has 0 fully saturated rings. The van der Waals surface area contributed by atoms with E-state index in [1.807, 2.05) is 65.3 Å². The lowest BCUT2D eigenvalue weighted by molar-refractivity contribution is 0.0233. The van der Waals surface area contributed by atoms with Crippen LogP contribution in [0.15, 0.2) is 67.0 Å². The van der Waals surface area contributed by atoms with Gasteiger partial charge in [0, 0.05) is 23.5 Å². The van der Waals surface area contributed by atoms with E-state index >= 15 is 0 Å². The lowest BCUT2D eigenvalue weighted by atomic mass is 10.2. The highest BCUT2D eigenvalue weighted by atomic mass is 16.6. The Bertz CT molecular complexity index is 719. The number of hydroxylamine groups is 1. The number of fused-ring (bicyclic) bond motifs is 1. The summed E-state index contributed by atoms with van der Waals surface area (Å²) in [6.45, 7) is 0.347. The zero-order chi connectivity index (χ0) is 13.8. The fraction of sp³-hybridized carbons (Fsp3) is 0.0625. The molecule has 4 heteroatoms. The van der Waals surface area contributed by atoms with E-state index in [1.54, 1.807) is 6.07 Å². The first-order valence-corrected chi connectivity index (χ1v) is 6.36. The van der Waals surface area contributed by atoms with E-state index in [2.05, 4.69) is 5.48 Å². The summed E-state index contributed by atoms with van der Waals surface area (Å²) in [6.07, 6.45) is 3.78. The number of rotatable bonds is 4. The van der Waals surface area contributed by atoms with E-state index < -0.39 is 0 Å². The van der Waals surface area contributed by atoms with Gasteiger partial charge in [0.15, 0.2) is 0 Å². The number of hydrogen-bond acceptors (Lipinski definition) is 2. The second-order valence-electron chi connectivity index (χ2n) is 4.46. The number of amides is 1. The SMILES string of the molecule is O=C(NOCc1ccccc1)c1ccn2cccc2c1. The van der Waals surface area contributed by atoms with E-state index in [0.717, 1.165) is 11.1 Å². The maximum absolute atomic E-state index is 12.0. The molecule has 0 atom stereocenters. The molecule has 1 N–H and O–H groups in total. The zero-order valence-electron chi connectivity index (χ0n) is 10.8. The molecule has 0 saturated carbocycles. The van der Waals surface area contributed by atoms with Crippen molar-refractivity contribution in [3.63, 3.8) is 0 Å². The summed E-state index contributed by atoms with van der Waals surface area (Å²) in [5.41, 5.74) is 5.01. The Kier molecular flexibility index (Phi) is 3.48. The van der Waals surface area contributed by atoms with Gasteiger partial charge in [-0.05, 0) is 29.8 Å². The summed E-state index contributed by atoms with van der Waals surface area (Å²) in [5.74, 6) is -0.246. The lowest BCUT2D eigenvalue weighted by Gasteiger charge is -2.06. The van der Waals surface area contributed by atoms with E-state index in [1.165, 1.54) is 0 Å². The molecule has 2 heterocycles. The Morgan fingerprint density at radius 3 is 2.75 bits per heavy atom. The Morgan fingerprint density at radius 2 is 1.90 bits per heavy atom. The van der Waals surface area contributed by atoms with Gasteiger partial charge in [-0.15, -0.1) is 0 Å². The number of aromatic nitrogens is 1. The highest BCUT2D eigenvalue weighted by molar-refractivity contribution is 5.94. The maximum atomic E-state index is 12.0. The lowest BCUT2D eigenvalue weighted by Crippen LogP contribution is -2.23. The van der Waals surface area contributed by atoms with Crippen LogP contribution >= 0.6 is 0 Å². The van der Waals surface area contributed by atoms with Gasteiger partial charge in [0.05, 0.1) is 6.61 Å². The van der Waals surface area contributed by atoms with Crippen LogP contribution in [0.1, 0.15) is 15.9 Å². The molecular weight excluding hydrogens is 252 g/mol. The molecule has 2 aromatic heterocycles. The van der Waals surface area contributed by atoms with E-state index in [4.69, 9.17) is 4.84 Å². The predicted octanol–water partition coefficient (Wildman–Crippen LogP) is 2.80. The van der Waals surface area contributed by atoms with Crippen molar-refractivity contribution in [3.8, 4) is 0 Å². The molecule has 20 heavy (non-hydrogen) atoms. The predicted molar refractivity (Wildman–Crippen MR) is 76.1 cm³/mol. The maximum Gasteiger partial charge on any atom is 0.274 e. The van der Waals surface area contributed by atoms with Crippen molar-refractivity contribution in [1.82, 2.24) is 9.88 Å². The molecule has 0 radical (unpaired) electrons. The molecule has 0 aliphatic heterocycles. The molecule has 100 valence electrons. The van der Waals surface area contributed by atoms with Crippen LogP contribution in [0.5, 0.6) is 0 Å². The molecule has 0 unspecified atom stereocenters. The Morgan fingerprint density at radius 1 is 1.05 bits per heavy atom. The molecule has 0 aliphatic rings. The van der Waals surface area contributed by atoms with Gasteiger partial charge in [-0.1, -0.05) is 30.3 Å². The van der Waals surface area contributed by atoms with Gasteiger partial charge in [0.25, 0.3) is 5.91 Å². The topological polar surface area (TPSA) is 42.7 Å². The normalized spacial score (nSPS) is 10.6. The second-order valence-corrected chi connectivity index (χ2v) is 4.46. The van der Waals surface area contributed by atoms with Gasteiger partial charge in [0.1, 0.15) is 0 Å². The molecule has 0 spiro atoms. The van der Waals surface area contributed by atoms with Gasteiger partial charge >= 0.3 is 0 Å². The third-order valence-corrected chi connectivity index (χ3v) is 3.04. The van der Waals surface area contributed by atoms with Crippen molar-refractivity contribution in [3.05, 3.63) is 78.1 Å². The number of hydrogen-bond donors (Lipinski definition) is 1. The van der Waals surface area contributed by atoms with Crippen LogP contribution in [0.4, 0.5) is 0 Å². The van der Waals surface area contributed by atoms with Crippen LogP contribution in [0.2, 0.25) is 0 Å². The Hall–Kier alpha value is -2.59. The summed E-state index contributed by atoms with van der Waals surface area (Å²) in [5, 5.41) is 0. The van der Waals surface area contributed by atoms with E-state index in [0.29, 0.717) is 12.2 Å². The van der Waals surface area contributed by atoms with E-state index in [-0.39, 0.29) is 5.91 Å². The van der Waals surface area contributed by atoms with Gasteiger partial charge < -0.3 is 4.40 Å². The van der Waals surface area contributed by atoms with Crippen LogP contribution < -0.4 is 5.48 Å². The van der Waals surface area contributed by atoms with Gasteiger partial charge in [0.2, 0.25) is 0 Å². The minimum atomic E-state index is -0.246. The minimum Gasteiger partial charge on any atom is -0.324 e. The number of benzene rings is 1. The fourth-order valence-corrected chi connectivity index (χ4v) is 1.99. The summed E-state index contributed by atoms with van der Waals surface area (Å²) >= 11 is 0. The highest BCUT2D eigenvalue weighted by Crippen LogP contribution is 2.08. The first kappa shape index (κ1) is 12.4. The quantitative estimate of drug-likeness (QED) is 0.738. The number of carbonyl (C=O) groups excluding carboxylic acids is 1. The molecule has 3 aromatic rings. The first-order chi connectivity index (χ1) is 9.83. The standard InChI is InChI=1S/C16H14N2O2/c19-16(17-20-12-13-5-2-1-3-6-13)14-8-10-18-9-4-7-15(18)11-14/h1-11H,12H2,(H,17,19). The average Bonchev–Trinajstić information content (AvgIpc) is 2.95. The first-order valence-electron chi connectivity index (χ1n) is 6.36. The third-order valence-electron chi connectivity index (χ3n) is 3.04. The summed E-state index contributed by atoms with van der Waals surface area (Å²) in [4.78, 5) is 17.2. The van der Waals surface area contributed by atoms with Crippen molar-refractivity contribution in [2.75, 3.05) is 0 Å². The largest absolute Gasteiger partial charge is 0.324 e. The number of nitrogens with zero attached hydrogens (tertiary/aromatic N) is 1. The molecule has 0 saturated heterocycles. The molecule has 1 aromatic carbocycles. The smallest absolute Gasteiger partial charge is 0.274 e. The van der Waals surface area contributed by atoms with Gasteiger partial charge in [-0.3, -0.25) is 9.63 Å². The molecule has 1 amide bonds. The number of nitrogens with one attached hydrogen (secondary N) is 1. The van der Waals surface area contributed by atoms with Crippen LogP contribution in [0.3, 0.4) is 0 Å². The van der Waals surface area contributed by atoms with Crippen molar-refractivity contribution >= 4 is 11.4 Å². The summed E-state index contributed by atoms with van der Waals surface area (Å²) < 4.78 is 1.95. The average molecular weight is 266 g/mol. The zero-order valence-corrected chi connectivity index (χ0v) is 10.8. The highest BCUT2D eigenvalue weighted by Gasteiger charge is 2.06. The number of pyridine rings is 1. The van der Waals surface area contributed by atoms with Crippen molar-refractivity contribution in [2.45, 2.75) is 6.61 Å². The van der Waals surface area contributed by atoms with E-state index in [9.17, 15) is 4.79 Å². The molecule has 0 aliphatic carbocycles. The van der Waals surface area contributed by atoms with Crippen molar-refractivity contribution in [1.29, 1.82) is 0 Å². The Labute approximate surface area is 116 Å². The van der Waals surface area contributed by atoms with Crippen LogP contribution in [-0.2, 0) is 11.4 Å². The Balaban J connectivity index is 1.61. The van der Waals surface area contributed by atoms with Gasteiger partial charge in [-0.25, -0.2) is 5.48 Å². The van der Waals surface area contributed by atoms with Crippen LogP contribution in [-0.4, -0.2) is 10.3 Å². The third kappa shape index (κ3) is 2.70. The van der Waals surface area contributed by atoms with Crippen LogP contribution in [0, 0.1) is 0 Å². The summed E-state index contributed by atoms with van der Waals surface area (Å²) in [6, 6.07) is 17.1. The number of carbonyl (C=O) groups is 1. The van der Waals surface area contributed by atoms with Crippen molar-refractivity contribution in [2.24, 2.45) is 0 Å². The molecule has 4 nitrogen and oxygen atoms in total. The second kappa shape index (κ2) is 5.59.